The zero-order valence-corrected chi connectivity index (χ0v) is 17.8. The number of aromatic nitrogens is 3. The van der Waals surface area contributed by atoms with Crippen molar-refractivity contribution in [2.24, 2.45) is 0 Å². The summed E-state index contributed by atoms with van der Waals surface area (Å²) in [6, 6.07) is 4.98. The molecule has 5 rings (SSSR count). The van der Waals surface area contributed by atoms with Crippen LogP contribution in [-0.4, -0.2) is 62.6 Å². The predicted octanol–water partition coefficient (Wildman–Crippen LogP) is 2.29. The summed E-state index contributed by atoms with van der Waals surface area (Å²) >= 11 is 0. The SMILES string of the molecule is O=C1O[C@@H](CO)CN1c1cc(F)c(-c2ccc(O[C@@H]3COc4nc([N+](=O)[O-])cn4C3)nc2)c(F)c1. The minimum atomic E-state index is -0.911. The number of halogens is 2. The smallest absolute Gasteiger partial charge is 0.414 e. The molecule has 0 saturated carbocycles. The number of nitrogens with zero attached hydrogens (tertiary/aromatic N) is 5. The van der Waals surface area contributed by atoms with Crippen LogP contribution in [0.4, 0.5) is 25.1 Å². The fourth-order valence-electron chi connectivity index (χ4n) is 3.82. The molecule has 0 bridgehead atoms. The number of fused-ring (bicyclic) bond motifs is 1. The summed E-state index contributed by atoms with van der Waals surface area (Å²) in [4.78, 5) is 31.0. The summed E-state index contributed by atoms with van der Waals surface area (Å²) in [5.74, 6) is -2.00. The van der Waals surface area contributed by atoms with E-state index in [-0.39, 0.29) is 54.2 Å². The number of amides is 1. The molecule has 1 aromatic carbocycles. The number of rotatable bonds is 6. The molecule has 0 unspecified atom stereocenters. The van der Waals surface area contributed by atoms with Gasteiger partial charge in [-0.3, -0.25) is 9.47 Å². The van der Waals surface area contributed by atoms with E-state index in [1.54, 1.807) is 0 Å². The molecule has 12 nitrogen and oxygen atoms in total. The second-order valence-electron chi connectivity index (χ2n) is 7.81. The molecule has 2 aliphatic rings. The van der Waals surface area contributed by atoms with Gasteiger partial charge in [0.1, 0.15) is 30.5 Å². The van der Waals surface area contributed by atoms with Crippen molar-refractivity contribution in [1.82, 2.24) is 14.5 Å². The lowest BCUT2D eigenvalue weighted by Crippen LogP contribution is -2.34. The number of benzene rings is 1. The first kappa shape index (κ1) is 22.5. The number of imidazole rings is 1. The van der Waals surface area contributed by atoms with E-state index in [0.29, 0.717) is 0 Å². The Morgan fingerprint density at radius 2 is 2.03 bits per heavy atom. The fraction of sp³-hybridized carbons (Fsp3) is 0.286. The molecule has 2 aromatic heterocycles. The number of cyclic esters (lactones) is 1. The van der Waals surface area contributed by atoms with Crippen molar-refractivity contribution >= 4 is 17.6 Å². The first-order valence-electron chi connectivity index (χ1n) is 10.4. The van der Waals surface area contributed by atoms with Gasteiger partial charge in [-0.15, -0.1) is 0 Å². The summed E-state index contributed by atoms with van der Waals surface area (Å²) in [5, 5.41) is 20.0. The molecular weight excluding hydrogens is 472 g/mol. The van der Waals surface area contributed by atoms with E-state index >= 15 is 0 Å². The molecule has 2 aliphatic heterocycles. The summed E-state index contributed by atoms with van der Waals surface area (Å²) in [7, 11) is 0. The van der Waals surface area contributed by atoms with Crippen molar-refractivity contribution in [1.29, 1.82) is 0 Å². The van der Waals surface area contributed by atoms with Crippen molar-refractivity contribution < 1.29 is 37.8 Å². The molecule has 1 fully saturated rings. The number of anilines is 1. The third-order valence-corrected chi connectivity index (χ3v) is 5.44. The Bertz CT molecular complexity index is 1280. The molecule has 1 amide bonds. The maximum atomic E-state index is 14.8. The number of pyridine rings is 1. The van der Waals surface area contributed by atoms with Crippen LogP contribution in [0.3, 0.4) is 0 Å². The minimum absolute atomic E-state index is 0.0278. The van der Waals surface area contributed by atoms with Gasteiger partial charge >= 0.3 is 17.9 Å². The molecule has 3 aromatic rings. The van der Waals surface area contributed by atoms with Gasteiger partial charge in [-0.05, 0) is 23.1 Å². The Labute approximate surface area is 195 Å². The van der Waals surface area contributed by atoms with Crippen LogP contribution in [0.2, 0.25) is 0 Å². The summed E-state index contributed by atoms with van der Waals surface area (Å²) < 4.78 is 47.1. The number of nitro groups is 1. The number of carbonyl (C=O) groups is 1. The van der Waals surface area contributed by atoms with E-state index in [9.17, 15) is 23.7 Å². The van der Waals surface area contributed by atoms with Crippen molar-refractivity contribution in [2.45, 2.75) is 18.8 Å². The molecule has 14 heteroatoms. The Morgan fingerprint density at radius 3 is 2.66 bits per heavy atom. The predicted molar refractivity (Wildman–Crippen MR) is 113 cm³/mol. The lowest BCUT2D eigenvalue weighted by Gasteiger charge is -2.22. The quantitative estimate of drug-likeness (QED) is 0.408. The lowest BCUT2D eigenvalue weighted by atomic mass is 10.1. The number of hydrogen-bond acceptors (Lipinski definition) is 9. The zero-order valence-electron chi connectivity index (χ0n) is 17.8. The molecule has 0 radical (unpaired) electrons. The van der Waals surface area contributed by atoms with Gasteiger partial charge in [0, 0.05) is 22.8 Å². The van der Waals surface area contributed by atoms with E-state index in [1.165, 1.54) is 29.1 Å². The van der Waals surface area contributed by atoms with Gasteiger partial charge in [-0.2, -0.15) is 0 Å². The highest BCUT2D eigenvalue weighted by atomic mass is 19.1. The average Bonchev–Trinajstić information content (AvgIpc) is 3.43. The first-order chi connectivity index (χ1) is 16.8. The molecule has 35 heavy (non-hydrogen) atoms. The third-order valence-electron chi connectivity index (χ3n) is 5.44. The lowest BCUT2D eigenvalue weighted by molar-refractivity contribution is -0.389. The Morgan fingerprint density at radius 1 is 1.26 bits per heavy atom. The maximum Gasteiger partial charge on any atom is 0.414 e. The summed E-state index contributed by atoms with van der Waals surface area (Å²) in [6.45, 7) is -0.111. The maximum absolute atomic E-state index is 14.8. The van der Waals surface area contributed by atoms with E-state index in [1.807, 2.05) is 0 Å². The van der Waals surface area contributed by atoms with Crippen molar-refractivity contribution in [3.63, 3.8) is 0 Å². The number of aliphatic hydroxyl groups excluding tert-OH is 1. The van der Waals surface area contributed by atoms with Gasteiger partial charge in [0.15, 0.2) is 6.10 Å². The molecule has 0 aliphatic carbocycles. The molecule has 1 N–H and O–H groups in total. The topological polar surface area (TPSA) is 142 Å². The number of aliphatic hydroxyl groups is 1. The summed E-state index contributed by atoms with van der Waals surface area (Å²) in [5.41, 5.74) is -0.229. The van der Waals surface area contributed by atoms with Crippen molar-refractivity contribution in [3.8, 4) is 23.0 Å². The average molecular weight is 489 g/mol. The molecule has 0 spiro atoms. The van der Waals surface area contributed by atoms with E-state index < -0.39 is 41.5 Å². The van der Waals surface area contributed by atoms with E-state index in [4.69, 9.17) is 19.3 Å². The largest absolute Gasteiger partial charge is 0.469 e. The Hall–Kier alpha value is -4.33. The number of carbonyl (C=O) groups excluding carboxylic acids is 1. The van der Waals surface area contributed by atoms with E-state index in [2.05, 4.69) is 9.97 Å². The van der Waals surface area contributed by atoms with Crippen LogP contribution < -0.4 is 14.4 Å². The van der Waals surface area contributed by atoms with Gasteiger partial charge in [0.05, 0.1) is 30.9 Å². The van der Waals surface area contributed by atoms with Gasteiger partial charge in [0.2, 0.25) is 5.88 Å². The molecular formula is C21H17F2N5O7. The highest BCUT2D eigenvalue weighted by Gasteiger charge is 2.33. The van der Waals surface area contributed by atoms with Crippen LogP contribution in [0.5, 0.6) is 11.9 Å². The van der Waals surface area contributed by atoms with Crippen LogP contribution in [0, 0.1) is 21.7 Å². The van der Waals surface area contributed by atoms with Crippen LogP contribution in [0.25, 0.3) is 11.1 Å². The molecule has 182 valence electrons. The highest BCUT2D eigenvalue weighted by molar-refractivity contribution is 5.90. The van der Waals surface area contributed by atoms with Gasteiger partial charge in [0.25, 0.3) is 0 Å². The monoisotopic (exact) mass is 489 g/mol. The van der Waals surface area contributed by atoms with Gasteiger partial charge in [-0.1, -0.05) is 0 Å². The second-order valence-corrected chi connectivity index (χ2v) is 7.81. The first-order valence-corrected chi connectivity index (χ1v) is 10.4. The second kappa shape index (κ2) is 8.79. The number of hydrogen-bond donors (Lipinski definition) is 1. The van der Waals surface area contributed by atoms with Gasteiger partial charge < -0.3 is 29.4 Å². The van der Waals surface area contributed by atoms with Crippen LogP contribution in [0.1, 0.15) is 0 Å². The zero-order chi connectivity index (χ0) is 24.7. The molecule has 1 saturated heterocycles. The third kappa shape index (κ3) is 4.30. The van der Waals surface area contributed by atoms with Crippen molar-refractivity contribution in [3.05, 3.63) is 58.4 Å². The highest BCUT2D eigenvalue weighted by Crippen LogP contribution is 2.32. The van der Waals surface area contributed by atoms with E-state index in [0.717, 1.165) is 17.0 Å². The van der Waals surface area contributed by atoms with Crippen LogP contribution in [0.15, 0.2) is 36.7 Å². The number of ether oxygens (including phenoxy) is 3. The Balaban J connectivity index is 1.30. The standard InChI is InChI=1S/C21H17F2N5O7/c22-15-3-12(27-7-13(9-29)35-21(27)30)4-16(23)19(15)11-1-2-18(24-5-11)34-14-6-26-8-17(28(31)32)25-20(26)33-10-14/h1-5,8,13-14,29H,6-7,9-10H2/t13-,14+/m1/s1. The Kier molecular flexibility index (Phi) is 5.64. The normalized spacial score (nSPS) is 19.2. The van der Waals surface area contributed by atoms with Gasteiger partial charge in [-0.25, -0.2) is 18.6 Å². The molecule has 4 heterocycles. The van der Waals surface area contributed by atoms with Crippen LogP contribution in [-0.2, 0) is 11.3 Å². The summed E-state index contributed by atoms with van der Waals surface area (Å²) in [6.07, 6.45) is 0.380. The van der Waals surface area contributed by atoms with Crippen LogP contribution >= 0.6 is 0 Å². The molecule has 2 atom stereocenters. The fourth-order valence-corrected chi connectivity index (χ4v) is 3.82. The van der Waals surface area contributed by atoms with Crippen molar-refractivity contribution in [2.75, 3.05) is 24.7 Å². The minimum Gasteiger partial charge on any atom is -0.469 e.